The molecule has 0 atom stereocenters. The molecule has 82 valence electrons. The first-order valence-corrected chi connectivity index (χ1v) is 6.02. The van der Waals surface area contributed by atoms with Crippen LogP contribution in [0.2, 0.25) is 10.2 Å². The van der Waals surface area contributed by atoms with Crippen LogP contribution in [-0.4, -0.2) is 18.1 Å². The summed E-state index contributed by atoms with van der Waals surface area (Å²) in [7, 11) is 0. The molecule has 2 nitrogen and oxygen atoms in total. The second-order valence-electron chi connectivity index (χ2n) is 4.01. The Labute approximate surface area is 100.0 Å². The van der Waals surface area contributed by atoms with E-state index in [2.05, 4.69) is 10.3 Å². The maximum atomic E-state index is 5.92. The fourth-order valence-electron chi connectivity index (χ4n) is 1.99. The highest BCUT2D eigenvalue weighted by Crippen LogP contribution is 2.23. The molecule has 2 rings (SSSR count). The summed E-state index contributed by atoms with van der Waals surface area (Å²) in [5, 5.41) is 4.31. The first-order valence-electron chi connectivity index (χ1n) is 5.26. The van der Waals surface area contributed by atoms with Gasteiger partial charge in [0.15, 0.2) is 0 Å². The Morgan fingerprint density at radius 1 is 1.33 bits per heavy atom. The van der Waals surface area contributed by atoms with Gasteiger partial charge in [-0.3, -0.25) is 0 Å². The van der Waals surface area contributed by atoms with Gasteiger partial charge in [-0.05, 0) is 49.9 Å². The number of nitrogens with one attached hydrogen (secondary N) is 1. The van der Waals surface area contributed by atoms with E-state index in [0.29, 0.717) is 10.2 Å². The Hall–Kier alpha value is -0.310. The maximum Gasteiger partial charge on any atom is 0.147 e. The predicted octanol–water partition coefficient (Wildman–Crippen LogP) is 2.93. The summed E-state index contributed by atoms with van der Waals surface area (Å²) in [6.07, 6.45) is 5.36. The monoisotopic (exact) mass is 244 g/mol. The second kappa shape index (κ2) is 5.15. The van der Waals surface area contributed by atoms with Crippen molar-refractivity contribution in [3.05, 3.63) is 28.0 Å². The molecule has 1 aliphatic rings. The van der Waals surface area contributed by atoms with Gasteiger partial charge in [0.1, 0.15) is 5.15 Å². The quantitative estimate of drug-likeness (QED) is 0.810. The molecule has 4 heteroatoms. The van der Waals surface area contributed by atoms with Gasteiger partial charge in [-0.2, -0.15) is 0 Å². The summed E-state index contributed by atoms with van der Waals surface area (Å²) in [6.45, 7) is 2.25. The molecular formula is C11H14Cl2N2. The molecule has 0 radical (unpaired) electrons. The van der Waals surface area contributed by atoms with E-state index in [1.165, 1.54) is 18.4 Å². The normalized spacial score (nSPS) is 18.0. The number of pyridine rings is 1. The molecule has 2 heterocycles. The van der Waals surface area contributed by atoms with Gasteiger partial charge in [-0.15, -0.1) is 0 Å². The molecule has 1 saturated heterocycles. The van der Waals surface area contributed by atoms with E-state index < -0.39 is 0 Å². The Morgan fingerprint density at radius 2 is 2.07 bits per heavy atom. The molecule has 0 aromatic carbocycles. The molecule has 1 aromatic rings. The van der Waals surface area contributed by atoms with Crippen LogP contribution in [0, 0.1) is 5.92 Å². The highest BCUT2D eigenvalue weighted by Gasteiger charge is 2.14. The van der Waals surface area contributed by atoms with Crippen LogP contribution >= 0.6 is 23.2 Å². The molecule has 0 spiro atoms. The number of aromatic nitrogens is 1. The number of hydrogen-bond donors (Lipinski definition) is 1. The predicted molar refractivity (Wildman–Crippen MR) is 63.6 cm³/mol. The van der Waals surface area contributed by atoms with Crippen LogP contribution in [0.4, 0.5) is 0 Å². The summed E-state index contributed by atoms with van der Waals surface area (Å²) in [4.78, 5) is 4.06. The van der Waals surface area contributed by atoms with Gasteiger partial charge in [-0.1, -0.05) is 23.2 Å². The van der Waals surface area contributed by atoms with Gasteiger partial charge in [-0.25, -0.2) is 4.98 Å². The Morgan fingerprint density at radius 3 is 2.73 bits per heavy atom. The van der Waals surface area contributed by atoms with Crippen LogP contribution < -0.4 is 5.32 Å². The van der Waals surface area contributed by atoms with Gasteiger partial charge >= 0.3 is 0 Å². The zero-order valence-electron chi connectivity index (χ0n) is 8.47. The molecule has 1 N–H and O–H groups in total. The molecule has 0 amide bonds. The van der Waals surface area contributed by atoms with Crippen LogP contribution in [0.5, 0.6) is 0 Å². The largest absolute Gasteiger partial charge is 0.317 e. The zero-order chi connectivity index (χ0) is 10.7. The van der Waals surface area contributed by atoms with E-state index in [1.807, 2.05) is 12.3 Å². The first-order chi connectivity index (χ1) is 7.25. The van der Waals surface area contributed by atoms with Gasteiger partial charge in [0.25, 0.3) is 0 Å². The lowest BCUT2D eigenvalue weighted by molar-refractivity contribution is 0.372. The van der Waals surface area contributed by atoms with E-state index in [4.69, 9.17) is 23.2 Å². The van der Waals surface area contributed by atoms with Crippen molar-refractivity contribution in [2.24, 2.45) is 5.92 Å². The Bertz CT molecular complexity index is 335. The standard InChI is InChI=1S/C11H14Cl2N2/c12-10-6-9(7-15-11(10)13)5-8-1-3-14-4-2-8/h6-8,14H,1-5H2. The molecular weight excluding hydrogens is 231 g/mol. The van der Waals surface area contributed by atoms with Gasteiger partial charge < -0.3 is 5.32 Å². The third kappa shape index (κ3) is 3.07. The van der Waals surface area contributed by atoms with Crippen molar-refractivity contribution in [2.45, 2.75) is 19.3 Å². The van der Waals surface area contributed by atoms with Crippen LogP contribution in [0.1, 0.15) is 18.4 Å². The van der Waals surface area contributed by atoms with Crippen molar-refractivity contribution < 1.29 is 0 Å². The number of hydrogen-bond acceptors (Lipinski definition) is 2. The van der Waals surface area contributed by atoms with E-state index >= 15 is 0 Å². The zero-order valence-corrected chi connectivity index (χ0v) is 9.98. The number of piperidine rings is 1. The lowest BCUT2D eigenvalue weighted by Crippen LogP contribution is -2.28. The van der Waals surface area contributed by atoms with Gasteiger partial charge in [0.2, 0.25) is 0 Å². The molecule has 1 aliphatic heterocycles. The summed E-state index contributed by atoms with van der Waals surface area (Å²) in [5.41, 5.74) is 1.19. The molecule has 0 saturated carbocycles. The molecule has 1 aromatic heterocycles. The average molecular weight is 245 g/mol. The summed E-state index contributed by atoms with van der Waals surface area (Å²) in [5.74, 6) is 0.755. The van der Waals surface area contributed by atoms with Crippen molar-refractivity contribution in [1.82, 2.24) is 10.3 Å². The average Bonchev–Trinajstić information content (AvgIpc) is 2.25. The Balaban J connectivity index is 2.00. The SMILES string of the molecule is Clc1cc(CC2CCNCC2)cnc1Cl. The number of nitrogens with zero attached hydrogens (tertiary/aromatic N) is 1. The smallest absolute Gasteiger partial charge is 0.147 e. The molecule has 0 unspecified atom stereocenters. The third-order valence-corrected chi connectivity index (χ3v) is 3.52. The highest BCUT2D eigenvalue weighted by molar-refractivity contribution is 6.41. The van der Waals surface area contributed by atoms with E-state index in [1.54, 1.807) is 0 Å². The van der Waals surface area contributed by atoms with Crippen molar-refractivity contribution >= 4 is 23.2 Å². The molecule has 0 bridgehead atoms. The van der Waals surface area contributed by atoms with Gasteiger partial charge in [0, 0.05) is 6.20 Å². The molecule has 1 fully saturated rings. The fraction of sp³-hybridized carbons (Fsp3) is 0.545. The number of rotatable bonds is 2. The van der Waals surface area contributed by atoms with Crippen LogP contribution in [0.25, 0.3) is 0 Å². The van der Waals surface area contributed by atoms with Crippen molar-refractivity contribution in [2.75, 3.05) is 13.1 Å². The van der Waals surface area contributed by atoms with Crippen molar-refractivity contribution in [3.63, 3.8) is 0 Å². The topological polar surface area (TPSA) is 24.9 Å². The fourth-order valence-corrected chi connectivity index (χ4v) is 2.28. The minimum atomic E-state index is 0.394. The van der Waals surface area contributed by atoms with E-state index in [9.17, 15) is 0 Å². The number of halogens is 2. The molecule has 15 heavy (non-hydrogen) atoms. The van der Waals surface area contributed by atoms with Crippen LogP contribution in [-0.2, 0) is 6.42 Å². The van der Waals surface area contributed by atoms with Gasteiger partial charge in [0.05, 0.1) is 5.02 Å². The molecule has 0 aliphatic carbocycles. The van der Waals surface area contributed by atoms with E-state index in [-0.39, 0.29) is 0 Å². The summed E-state index contributed by atoms with van der Waals surface area (Å²) < 4.78 is 0. The van der Waals surface area contributed by atoms with Crippen LogP contribution in [0.3, 0.4) is 0 Å². The minimum absolute atomic E-state index is 0.394. The first kappa shape index (κ1) is 11.2. The van der Waals surface area contributed by atoms with Crippen LogP contribution in [0.15, 0.2) is 12.3 Å². The lowest BCUT2D eigenvalue weighted by Gasteiger charge is -2.22. The minimum Gasteiger partial charge on any atom is -0.317 e. The third-order valence-electron chi connectivity index (χ3n) is 2.84. The van der Waals surface area contributed by atoms with Crippen molar-refractivity contribution in [3.8, 4) is 0 Å². The summed E-state index contributed by atoms with van der Waals surface area (Å²) >= 11 is 11.7. The lowest BCUT2D eigenvalue weighted by atomic mass is 9.92. The van der Waals surface area contributed by atoms with E-state index in [0.717, 1.165) is 25.4 Å². The Kier molecular flexibility index (Phi) is 3.84. The summed E-state index contributed by atoms with van der Waals surface area (Å²) in [6, 6.07) is 1.93. The highest BCUT2D eigenvalue weighted by atomic mass is 35.5. The second-order valence-corrected chi connectivity index (χ2v) is 4.78. The van der Waals surface area contributed by atoms with Crippen molar-refractivity contribution in [1.29, 1.82) is 0 Å². The maximum absolute atomic E-state index is 5.92.